The van der Waals surface area contributed by atoms with E-state index in [4.69, 9.17) is 0 Å². The van der Waals surface area contributed by atoms with E-state index in [2.05, 4.69) is 15.6 Å². The highest BCUT2D eigenvalue weighted by Gasteiger charge is 2.31. The number of nitrogens with zero attached hydrogens (tertiary/aromatic N) is 2. The van der Waals surface area contributed by atoms with Gasteiger partial charge in [0.25, 0.3) is 0 Å². The Balaban J connectivity index is 1.48. The number of nitrogens with one attached hydrogen (secondary N) is 2. The van der Waals surface area contributed by atoms with Gasteiger partial charge in [-0.2, -0.15) is 13.2 Å². The molecule has 0 spiro atoms. The molecule has 1 saturated heterocycles. The third kappa shape index (κ3) is 5.46. The number of aryl methyl sites for hydroxylation is 1. The topological polar surface area (TPSA) is 74.3 Å². The Hall–Kier alpha value is -3.10. The number of piperidine rings is 1. The summed E-state index contributed by atoms with van der Waals surface area (Å²) in [5.41, 5.74) is 0.795. The molecule has 29 heavy (non-hydrogen) atoms. The summed E-state index contributed by atoms with van der Waals surface area (Å²) < 4.78 is 37.9. The van der Waals surface area contributed by atoms with E-state index < -0.39 is 23.6 Å². The number of alkyl halides is 3. The van der Waals surface area contributed by atoms with Crippen LogP contribution in [0.1, 0.15) is 24.0 Å². The van der Waals surface area contributed by atoms with Gasteiger partial charge in [0.05, 0.1) is 5.56 Å². The molecule has 0 saturated carbocycles. The second kappa shape index (κ2) is 8.50. The van der Waals surface area contributed by atoms with Crippen LogP contribution in [0.15, 0.2) is 42.6 Å². The molecule has 0 atom stereocenters. The van der Waals surface area contributed by atoms with Crippen molar-refractivity contribution in [3.8, 4) is 0 Å². The number of rotatable bonds is 3. The highest BCUT2D eigenvalue weighted by molar-refractivity contribution is 6.39. The fourth-order valence-corrected chi connectivity index (χ4v) is 3.07. The number of anilines is 2. The molecule has 2 heterocycles. The highest BCUT2D eigenvalue weighted by atomic mass is 19.4. The van der Waals surface area contributed by atoms with E-state index in [1.807, 2.05) is 24.0 Å². The van der Waals surface area contributed by atoms with Crippen molar-refractivity contribution in [2.45, 2.75) is 32.0 Å². The molecule has 1 aliphatic heterocycles. The van der Waals surface area contributed by atoms with Crippen LogP contribution in [0.25, 0.3) is 0 Å². The van der Waals surface area contributed by atoms with Crippen LogP contribution in [0, 0.1) is 6.92 Å². The molecule has 1 aromatic carbocycles. The lowest BCUT2D eigenvalue weighted by Gasteiger charge is -2.33. The van der Waals surface area contributed by atoms with Gasteiger partial charge in [0.2, 0.25) is 0 Å². The van der Waals surface area contributed by atoms with Crippen molar-refractivity contribution in [1.29, 1.82) is 0 Å². The molecule has 1 aromatic heterocycles. The van der Waals surface area contributed by atoms with Crippen molar-refractivity contribution in [3.05, 3.63) is 53.7 Å². The number of halogens is 3. The maximum absolute atomic E-state index is 12.6. The van der Waals surface area contributed by atoms with Gasteiger partial charge in [-0.15, -0.1) is 0 Å². The van der Waals surface area contributed by atoms with Crippen molar-refractivity contribution in [1.82, 2.24) is 10.3 Å². The molecule has 154 valence electrons. The number of hydrogen-bond acceptors (Lipinski definition) is 4. The van der Waals surface area contributed by atoms with E-state index in [9.17, 15) is 22.8 Å². The molecule has 2 aromatic rings. The van der Waals surface area contributed by atoms with E-state index in [0.717, 1.165) is 17.8 Å². The summed E-state index contributed by atoms with van der Waals surface area (Å²) >= 11 is 0. The van der Waals surface area contributed by atoms with Crippen LogP contribution < -0.4 is 15.5 Å². The summed E-state index contributed by atoms with van der Waals surface area (Å²) in [6, 6.07) is 9.27. The Morgan fingerprint density at radius 1 is 1.03 bits per heavy atom. The summed E-state index contributed by atoms with van der Waals surface area (Å²) in [6.07, 6.45) is -2.47. The fourth-order valence-electron chi connectivity index (χ4n) is 3.07. The normalized spacial score (nSPS) is 15.1. The molecule has 9 heteroatoms. The Bertz CT molecular complexity index is 859. The van der Waals surface area contributed by atoms with E-state index in [0.29, 0.717) is 37.4 Å². The van der Waals surface area contributed by atoms with Gasteiger partial charge in [-0.3, -0.25) is 9.59 Å². The van der Waals surface area contributed by atoms with Crippen molar-refractivity contribution in [3.63, 3.8) is 0 Å². The average molecular weight is 406 g/mol. The summed E-state index contributed by atoms with van der Waals surface area (Å²) in [5.74, 6) is -0.989. The van der Waals surface area contributed by atoms with Gasteiger partial charge < -0.3 is 15.5 Å². The predicted octanol–water partition coefficient (Wildman–Crippen LogP) is 3.13. The SMILES string of the molecule is Cc1ccc(NC(=O)C(=O)NC2CCN(c3ccc(C(F)(F)F)cn3)CC2)cc1. The van der Waals surface area contributed by atoms with Gasteiger partial charge in [-0.1, -0.05) is 17.7 Å². The zero-order chi connectivity index (χ0) is 21.0. The highest BCUT2D eigenvalue weighted by Crippen LogP contribution is 2.29. The number of benzene rings is 1. The Labute approximate surface area is 166 Å². The van der Waals surface area contributed by atoms with Crippen LogP contribution in [0.5, 0.6) is 0 Å². The molecule has 0 unspecified atom stereocenters. The molecule has 0 radical (unpaired) electrons. The molecular formula is C20H21F3N4O2. The predicted molar refractivity (Wildman–Crippen MR) is 102 cm³/mol. The first-order valence-corrected chi connectivity index (χ1v) is 9.19. The minimum absolute atomic E-state index is 0.183. The van der Waals surface area contributed by atoms with Crippen molar-refractivity contribution in [2.24, 2.45) is 0 Å². The molecule has 1 fully saturated rings. The Kier molecular flexibility index (Phi) is 6.05. The lowest BCUT2D eigenvalue weighted by Crippen LogP contribution is -2.47. The van der Waals surface area contributed by atoms with E-state index in [1.54, 1.807) is 12.1 Å². The second-order valence-electron chi connectivity index (χ2n) is 6.96. The monoisotopic (exact) mass is 406 g/mol. The number of pyridine rings is 1. The van der Waals surface area contributed by atoms with E-state index >= 15 is 0 Å². The maximum atomic E-state index is 12.6. The number of amides is 2. The third-order valence-electron chi connectivity index (χ3n) is 4.75. The average Bonchev–Trinajstić information content (AvgIpc) is 2.69. The molecule has 6 nitrogen and oxygen atoms in total. The van der Waals surface area contributed by atoms with Gasteiger partial charge in [0, 0.05) is 31.0 Å². The van der Waals surface area contributed by atoms with Crippen LogP contribution in [-0.4, -0.2) is 35.9 Å². The zero-order valence-corrected chi connectivity index (χ0v) is 15.8. The van der Waals surface area contributed by atoms with Crippen LogP contribution in [0.3, 0.4) is 0 Å². The molecule has 2 N–H and O–H groups in total. The smallest absolute Gasteiger partial charge is 0.356 e. The van der Waals surface area contributed by atoms with Gasteiger partial charge >= 0.3 is 18.0 Å². The minimum atomic E-state index is -4.41. The standard InChI is InChI=1S/C20H21F3N4O2/c1-13-2-5-15(6-3-13)25-18(28)19(29)26-16-8-10-27(11-9-16)17-7-4-14(12-24-17)20(21,22)23/h2-7,12,16H,8-11H2,1H3,(H,25,28)(H,26,29). The molecule has 0 bridgehead atoms. The summed E-state index contributed by atoms with van der Waals surface area (Å²) in [4.78, 5) is 29.9. The van der Waals surface area contributed by atoms with Crippen molar-refractivity contribution < 1.29 is 22.8 Å². The van der Waals surface area contributed by atoms with Crippen LogP contribution in [0.2, 0.25) is 0 Å². The van der Waals surface area contributed by atoms with Gasteiger partial charge in [0.15, 0.2) is 0 Å². The van der Waals surface area contributed by atoms with Gasteiger partial charge in [-0.05, 0) is 44.0 Å². The minimum Gasteiger partial charge on any atom is -0.356 e. The Morgan fingerprint density at radius 2 is 1.69 bits per heavy atom. The molecule has 1 aliphatic rings. The van der Waals surface area contributed by atoms with Crippen molar-refractivity contribution >= 4 is 23.3 Å². The van der Waals surface area contributed by atoms with E-state index in [1.165, 1.54) is 6.07 Å². The number of carbonyl (C=O) groups excluding carboxylic acids is 2. The summed E-state index contributed by atoms with van der Waals surface area (Å²) in [6.45, 7) is 2.96. The van der Waals surface area contributed by atoms with E-state index in [-0.39, 0.29) is 6.04 Å². The van der Waals surface area contributed by atoms with Gasteiger partial charge in [0.1, 0.15) is 5.82 Å². The first-order chi connectivity index (χ1) is 13.7. The second-order valence-corrected chi connectivity index (χ2v) is 6.96. The zero-order valence-electron chi connectivity index (χ0n) is 15.8. The largest absolute Gasteiger partial charge is 0.417 e. The first kappa shape index (κ1) is 20.6. The molecular weight excluding hydrogens is 385 g/mol. The summed E-state index contributed by atoms with van der Waals surface area (Å²) in [7, 11) is 0. The lowest BCUT2D eigenvalue weighted by atomic mass is 10.0. The quantitative estimate of drug-likeness (QED) is 0.768. The number of hydrogen-bond donors (Lipinski definition) is 2. The first-order valence-electron chi connectivity index (χ1n) is 9.19. The number of aromatic nitrogens is 1. The van der Waals surface area contributed by atoms with Crippen LogP contribution >= 0.6 is 0 Å². The fraction of sp³-hybridized carbons (Fsp3) is 0.350. The molecule has 2 amide bonds. The Morgan fingerprint density at radius 3 is 2.24 bits per heavy atom. The lowest BCUT2D eigenvalue weighted by molar-refractivity contribution is -0.137. The van der Waals surface area contributed by atoms with Gasteiger partial charge in [-0.25, -0.2) is 4.98 Å². The van der Waals surface area contributed by atoms with Crippen LogP contribution in [-0.2, 0) is 15.8 Å². The maximum Gasteiger partial charge on any atom is 0.417 e. The summed E-state index contributed by atoms with van der Waals surface area (Å²) in [5, 5.41) is 5.25. The third-order valence-corrected chi connectivity index (χ3v) is 4.75. The molecule has 0 aliphatic carbocycles. The number of carbonyl (C=O) groups is 2. The van der Waals surface area contributed by atoms with Crippen molar-refractivity contribution in [2.75, 3.05) is 23.3 Å². The molecule has 3 rings (SSSR count). The van der Waals surface area contributed by atoms with Crippen LogP contribution in [0.4, 0.5) is 24.7 Å².